The van der Waals surface area contributed by atoms with Gasteiger partial charge in [0.05, 0.1) is 37.4 Å². The van der Waals surface area contributed by atoms with E-state index in [1.807, 2.05) is 37.4 Å². The van der Waals surface area contributed by atoms with Crippen LogP contribution in [0.4, 0.5) is 0 Å². The first-order valence-electron chi connectivity index (χ1n) is 11.4. The Bertz CT molecular complexity index is 1490. The van der Waals surface area contributed by atoms with Crippen LogP contribution in [0, 0.1) is 6.92 Å². The van der Waals surface area contributed by atoms with Crippen molar-refractivity contribution in [1.29, 1.82) is 0 Å². The van der Waals surface area contributed by atoms with Crippen LogP contribution in [0.3, 0.4) is 0 Å². The number of imidazole rings is 1. The summed E-state index contributed by atoms with van der Waals surface area (Å²) in [5.41, 5.74) is 3.06. The lowest BCUT2D eigenvalue weighted by atomic mass is 10.0. The Hall–Kier alpha value is -3.49. The van der Waals surface area contributed by atoms with E-state index in [1.54, 1.807) is 35.7 Å². The predicted molar refractivity (Wildman–Crippen MR) is 137 cm³/mol. The molecule has 0 bridgehead atoms. The third kappa shape index (κ3) is 4.34. The standard InChI is InChI=1S/C26H27N5O2S/c1-17-23(10-12-27-11-9-19-13-28-15-29-19)34-25-24(17)26(32)31(16-30-25)14-21-20-6-4-3-5-18(20)7-8-22(21)33-2/h3-8,13,15-16,27H,9-12,14H2,1-2H3,(H,28,29). The summed E-state index contributed by atoms with van der Waals surface area (Å²) in [6.45, 7) is 4.15. The maximum Gasteiger partial charge on any atom is 0.262 e. The van der Waals surface area contributed by atoms with Crippen LogP contribution in [0.15, 0.2) is 60.0 Å². The van der Waals surface area contributed by atoms with Crippen molar-refractivity contribution >= 4 is 32.3 Å². The van der Waals surface area contributed by atoms with Crippen molar-refractivity contribution in [3.8, 4) is 5.75 Å². The average Bonchev–Trinajstić information content (AvgIpc) is 3.49. The summed E-state index contributed by atoms with van der Waals surface area (Å²) < 4.78 is 7.31. The first-order chi connectivity index (χ1) is 16.7. The Morgan fingerprint density at radius 2 is 1.97 bits per heavy atom. The van der Waals surface area contributed by atoms with Gasteiger partial charge in [0.2, 0.25) is 0 Å². The molecule has 34 heavy (non-hydrogen) atoms. The number of aryl methyl sites for hydroxylation is 1. The predicted octanol–water partition coefficient (Wildman–Crippen LogP) is 4.07. The number of nitrogens with zero attached hydrogens (tertiary/aromatic N) is 3. The number of thiophene rings is 1. The number of hydrogen-bond donors (Lipinski definition) is 2. The molecule has 3 aromatic heterocycles. The molecule has 0 saturated heterocycles. The van der Waals surface area contributed by atoms with Crippen molar-refractivity contribution in [3.05, 3.63) is 87.3 Å². The van der Waals surface area contributed by atoms with E-state index in [2.05, 4.69) is 32.4 Å². The van der Waals surface area contributed by atoms with Crippen LogP contribution in [0.25, 0.3) is 21.0 Å². The quantitative estimate of drug-likeness (QED) is 0.315. The van der Waals surface area contributed by atoms with E-state index in [9.17, 15) is 4.79 Å². The number of rotatable bonds is 9. The summed E-state index contributed by atoms with van der Waals surface area (Å²) in [5, 5.41) is 6.39. The molecule has 8 heteroatoms. The summed E-state index contributed by atoms with van der Waals surface area (Å²) in [6.07, 6.45) is 7.03. The number of H-pyrrole nitrogens is 1. The van der Waals surface area contributed by atoms with Gasteiger partial charge in [-0.15, -0.1) is 11.3 Å². The molecule has 5 aromatic rings. The molecule has 0 aliphatic heterocycles. The third-order valence-electron chi connectivity index (χ3n) is 6.20. The molecular weight excluding hydrogens is 446 g/mol. The number of aromatic amines is 1. The Labute approximate surface area is 201 Å². The summed E-state index contributed by atoms with van der Waals surface area (Å²) in [7, 11) is 1.66. The highest BCUT2D eigenvalue weighted by Crippen LogP contribution is 2.30. The molecule has 0 fully saturated rings. The van der Waals surface area contributed by atoms with Crippen LogP contribution in [-0.2, 0) is 19.4 Å². The van der Waals surface area contributed by atoms with Gasteiger partial charge in [0, 0.05) is 29.6 Å². The highest BCUT2D eigenvalue weighted by molar-refractivity contribution is 7.18. The SMILES string of the molecule is COc1ccc2ccccc2c1Cn1cnc2sc(CCNCCc3c[nH]cn3)c(C)c2c1=O. The van der Waals surface area contributed by atoms with Crippen LogP contribution in [0.2, 0.25) is 0 Å². The molecule has 0 unspecified atom stereocenters. The highest BCUT2D eigenvalue weighted by Gasteiger charge is 2.16. The maximum absolute atomic E-state index is 13.5. The van der Waals surface area contributed by atoms with E-state index < -0.39 is 0 Å². The molecule has 7 nitrogen and oxygen atoms in total. The normalized spacial score (nSPS) is 11.5. The minimum atomic E-state index is -0.00789. The van der Waals surface area contributed by atoms with Crippen LogP contribution in [0.1, 0.15) is 21.7 Å². The number of methoxy groups -OCH3 is 1. The molecule has 0 aliphatic carbocycles. The van der Waals surface area contributed by atoms with Gasteiger partial charge in [-0.1, -0.05) is 30.3 Å². The fraction of sp³-hybridized carbons (Fsp3) is 0.269. The summed E-state index contributed by atoms with van der Waals surface area (Å²) in [4.78, 5) is 27.3. The number of nitrogens with one attached hydrogen (secondary N) is 2. The lowest BCUT2D eigenvalue weighted by Gasteiger charge is -2.13. The zero-order valence-corrected chi connectivity index (χ0v) is 20.1. The van der Waals surface area contributed by atoms with E-state index in [0.29, 0.717) is 6.54 Å². The number of benzene rings is 2. The van der Waals surface area contributed by atoms with Gasteiger partial charge in [-0.05, 0) is 42.3 Å². The number of hydrogen-bond acceptors (Lipinski definition) is 6. The van der Waals surface area contributed by atoms with Crippen molar-refractivity contribution < 1.29 is 4.74 Å². The number of ether oxygens (including phenoxy) is 1. The Morgan fingerprint density at radius 1 is 1.12 bits per heavy atom. The minimum Gasteiger partial charge on any atom is -0.496 e. The van der Waals surface area contributed by atoms with E-state index >= 15 is 0 Å². The number of fused-ring (bicyclic) bond motifs is 2. The molecular formula is C26H27N5O2S. The second kappa shape index (κ2) is 9.79. The van der Waals surface area contributed by atoms with Gasteiger partial charge >= 0.3 is 0 Å². The smallest absolute Gasteiger partial charge is 0.262 e. The third-order valence-corrected chi connectivity index (χ3v) is 7.46. The fourth-order valence-electron chi connectivity index (χ4n) is 4.37. The molecule has 0 amide bonds. The second-order valence-corrected chi connectivity index (χ2v) is 9.37. The second-order valence-electron chi connectivity index (χ2n) is 8.29. The molecule has 2 aromatic carbocycles. The monoisotopic (exact) mass is 473 g/mol. The van der Waals surface area contributed by atoms with Gasteiger partial charge in [-0.3, -0.25) is 9.36 Å². The van der Waals surface area contributed by atoms with Gasteiger partial charge < -0.3 is 15.0 Å². The lowest BCUT2D eigenvalue weighted by Crippen LogP contribution is -2.22. The largest absolute Gasteiger partial charge is 0.496 e. The molecule has 174 valence electrons. The van der Waals surface area contributed by atoms with Gasteiger partial charge in [0.1, 0.15) is 10.6 Å². The van der Waals surface area contributed by atoms with Crippen molar-refractivity contribution in [3.63, 3.8) is 0 Å². The fourth-order valence-corrected chi connectivity index (χ4v) is 5.50. The molecule has 0 atom stereocenters. The molecule has 5 rings (SSSR count). The van der Waals surface area contributed by atoms with Crippen molar-refractivity contribution in [2.75, 3.05) is 20.2 Å². The van der Waals surface area contributed by atoms with Crippen molar-refractivity contribution in [2.24, 2.45) is 0 Å². The van der Waals surface area contributed by atoms with E-state index in [4.69, 9.17) is 4.74 Å². The zero-order chi connectivity index (χ0) is 23.5. The summed E-state index contributed by atoms with van der Waals surface area (Å²) >= 11 is 1.61. The van der Waals surface area contributed by atoms with Gasteiger partial charge in [-0.25, -0.2) is 9.97 Å². The van der Waals surface area contributed by atoms with Crippen molar-refractivity contribution in [1.82, 2.24) is 24.8 Å². The topological polar surface area (TPSA) is 84.8 Å². The minimum absolute atomic E-state index is 0.00789. The zero-order valence-electron chi connectivity index (χ0n) is 19.3. The lowest BCUT2D eigenvalue weighted by molar-refractivity contribution is 0.409. The molecule has 0 aliphatic rings. The Kier molecular flexibility index (Phi) is 6.42. The van der Waals surface area contributed by atoms with Crippen molar-refractivity contribution in [2.45, 2.75) is 26.3 Å². The molecule has 0 saturated carbocycles. The number of aromatic nitrogens is 4. The van der Waals surface area contributed by atoms with Gasteiger partial charge in [0.15, 0.2) is 0 Å². The van der Waals surface area contributed by atoms with Crippen LogP contribution in [0.5, 0.6) is 5.75 Å². The first-order valence-corrected chi connectivity index (χ1v) is 12.2. The summed E-state index contributed by atoms with van der Waals surface area (Å²) in [5.74, 6) is 0.773. The molecule has 2 N–H and O–H groups in total. The van der Waals surface area contributed by atoms with E-state index in [-0.39, 0.29) is 5.56 Å². The highest BCUT2D eigenvalue weighted by atomic mass is 32.1. The van der Waals surface area contributed by atoms with E-state index in [0.717, 1.165) is 69.5 Å². The van der Waals surface area contributed by atoms with Crippen LogP contribution >= 0.6 is 11.3 Å². The molecule has 0 spiro atoms. The summed E-state index contributed by atoms with van der Waals surface area (Å²) in [6, 6.07) is 12.2. The maximum atomic E-state index is 13.5. The Balaban J connectivity index is 1.37. The van der Waals surface area contributed by atoms with E-state index in [1.165, 1.54) is 4.88 Å². The first kappa shape index (κ1) is 22.3. The molecule has 3 heterocycles. The molecule has 0 radical (unpaired) electrons. The van der Waals surface area contributed by atoms with Gasteiger partial charge in [-0.2, -0.15) is 0 Å². The Morgan fingerprint density at radius 3 is 2.79 bits per heavy atom. The van der Waals surface area contributed by atoms with Crippen LogP contribution in [-0.4, -0.2) is 39.7 Å². The van der Waals surface area contributed by atoms with Crippen LogP contribution < -0.4 is 15.6 Å². The average molecular weight is 474 g/mol. The van der Waals surface area contributed by atoms with Gasteiger partial charge in [0.25, 0.3) is 5.56 Å².